The Kier molecular flexibility index (Phi) is 5.45. The van der Waals surface area contributed by atoms with Crippen LogP contribution in [0.25, 0.3) is 10.2 Å². The van der Waals surface area contributed by atoms with E-state index < -0.39 is 6.23 Å². The number of rotatable bonds is 5. The number of nitrogens with zero attached hydrogens (tertiary/aromatic N) is 3. The fourth-order valence-electron chi connectivity index (χ4n) is 3.53. The molecule has 0 amide bonds. The van der Waals surface area contributed by atoms with E-state index in [4.69, 9.17) is 17.3 Å². The average Bonchev–Trinajstić information content (AvgIpc) is 3.13. The molecule has 1 aromatic carbocycles. The average molecular weight is 404 g/mol. The van der Waals surface area contributed by atoms with Gasteiger partial charge in [0, 0.05) is 35.3 Å². The Labute approximate surface area is 167 Å². The molecule has 8 heteroatoms. The highest BCUT2D eigenvalue weighted by Crippen LogP contribution is 2.35. The van der Waals surface area contributed by atoms with Crippen molar-refractivity contribution < 1.29 is 5.11 Å². The smallest absolute Gasteiger partial charge is 0.153 e. The molecule has 1 saturated heterocycles. The summed E-state index contributed by atoms with van der Waals surface area (Å²) in [7, 11) is 0. The van der Waals surface area contributed by atoms with Crippen molar-refractivity contribution in [3.05, 3.63) is 46.7 Å². The van der Waals surface area contributed by atoms with Gasteiger partial charge in [-0.3, -0.25) is 0 Å². The monoisotopic (exact) mass is 403 g/mol. The number of nitrogens with two attached hydrogens (primary N) is 1. The molecule has 142 valence electrons. The van der Waals surface area contributed by atoms with Crippen molar-refractivity contribution in [1.82, 2.24) is 9.97 Å². The van der Waals surface area contributed by atoms with Crippen LogP contribution in [0.3, 0.4) is 0 Å². The summed E-state index contributed by atoms with van der Waals surface area (Å²) in [5.74, 6) is 0.590. The zero-order valence-electron chi connectivity index (χ0n) is 14.8. The van der Waals surface area contributed by atoms with Crippen LogP contribution >= 0.6 is 22.9 Å². The lowest BCUT2D eigenvalue weighted by Gasteiger charge is -2.34. The fraction of sp³-hybridized carbons (Fsp3) is 0.368. The van der Waals surface area contributed by atoms with Gasteiger partial charge in [0.2, 0.25) is 0 Å². The van der Waals surface area contributed by atoms with Crippen LogP contribution in [0, 0.1) is 5.92 Å². The Balaban J connectivity index is 1.59. The number of hydrogen-bond donors (Lipinski definition) is 3. The number of aliphatic hydroxyl groups excluding tert-OH is 1. The van der Waals surface area contributed by atoms with Crippen LogP contribution in [-0.2, 0) is 0 Å². The molecule has 27 heavy (non-hydrogen) atoms. The Morgan fingerprint density at radius 3 is 2.96 bits per heavy atom. The molecule has 1 aliphatic rings. The minimum atomic E-state index is -0.882. The first kappa shape index (κ1) is 18.4. The van der Waals surface area contributed by atoms with Crippen molar-refractivity contribution in [2.75, 3.05) is 29.9 Å². The molecule has 1 unspecified atom stereocenters. The Morgan fingerprint density at radius 1 is 1.37 bits per heavy atom. The Morgan fingerprint density at radius 2 is 2.19 bits per heavy atom. The van der Waals surface area contributed by atoms with Gasteiger partial charge in [0.1, 0.15) is 6.33 Å². The van der Waals surface area contributed by atoms with E-state index in [0.717, 1.165) is 59.6 Å². The van der Waals surface area contributed by atoms with E-state index >= 15 is 0 Å². The van der Waals surface area contributed by atoms with Crippen molar-refractivity contribution in [1.29, 1.82) is 0 Å². The molecule has 1 fully saturated rings. The molecule has 2 aromatic heterocycles. The number of thiophene rings is 1. The predicted molar refractivity (Wildman–Crippen MR) is 111 cm³/mol. The first-order chi connectivity index (χ1) is 13.2. The number of anilines is 2. The van der Waals surface area contributed by atoms with Gasteiger partial charge < -0.3 is 21.1 Å². The molecular weight excluding hydrogens is 382 g/mol. The van der Waals surface area contributed by atoms with E-state index in [1.54, 1.807) is 6.20 Å². The number of nitrogens with one attached hydrogen (secondary N) is 1. The standard InChI is InChI=1S/C19H22ClN5OS/c20-13-1-2-16(25-5-3-12(8-21)4-6-25)15(7-13)24-19(26)14-10-27-17-9-22-11-23-18(14)17/h1-2,7,9-12,19,24,26H,3-6,8,21H2. The van der Waals surface area contributed by atoms with E-state index in [2.05, 4.69) is 20.2 Å². The van der Waals surface area contributed by atoms with Gasteiger partial charge in [-0.2, -0.15) is 0 Å². The summed E-state index contributed by atoms with van der Waals surface area (Å²) in [6.45, 7) is 2.64. The van der Waals surface area contributed by atoms with Gasteiger partial charge in [-0.15, -0.1) is 11.3 Å². The fourth-order valence-corrected chi connectivity index (χ4v) is 4.60. The van der Waals surface area contributed by atoms with Crippen LogP contribution in [0.5, 0.6) is 0 Å². The lowest BCUT2D eigenvalue weighted by molar-refractivity contribution is 0.210. The predicted octanol–water partition coefficient (Wildman–Crippen LogP) is 3.62. The van der Waals surface area contributed by atoms with E-state index in [1.807, 2.05) is 23.6 Å². The maximum absolute atomic E-state index is 10.8. The van der Waals surface area contributed by atoms with Crippen molar-refractivity contribution in [3.63, 3.8) is 0 Å². The summed E-state index contributed by atoms with van der Waals surface area (Å²) >= 11 is 7.75. The van der Waals surface area contributed by atoms with Gasteiger partial charge in [-0.25, -0.2) is 9.97 Å². The zero-order chi connectivity index (χ0) is 18.8. The second kappa shape index (κ2) is 7.98. The molecule has 0 bridgehead atoms. The topological polar surface area (TPSA) is 87.3 Å². The molecule has 0 spiro atoms. The molecule has 3 heterocycles. The van der Waals surface area contributed by atoms with Crippen LogP contribution < -0.4 is 16.0 Å². The third kappa shape index (κ3) is 3.87. The number of hydrogen-bond acceptors (Lipinski definition) is 7. The van der Waals surface area contributed by atoms with Crippen LogP contribution in [0.4, 0.5) is 11.4 Å². The first-order valence-corrected chi connectivity index (χ1v) is 10.3. The van der Waals surface area contributed by atoms with E-state index in [0.29, 0.717) is 10.9 Å². The SMILES string of the molecule is NCC1CCN(c2ccc(Cl)cc2NC(O)c2csc3cncnc23)CC1. The van der Waals surface area contributed by atoms with E-state index in [1.165, 1.54) is 17.7 Å². The summed E-state index contributed by atoms with van der Waals surface area (Å²) in [4.78, 5) is 10.7. The number of aliphatic hydroxyl groups is 1. The minimum absolute atomic E-state index is 0.590. The van der Waals surface area contributed by atoms with Crippen LogP contribution in [-0.4, -0.2) is 34.7 Å². The van der Waals surface area contributed by atoms with E-state index in [-0.39, 0.29) is 0 Å². The van der Waals surface area contributed by atoms with Crippen molar-refractivity contribution in [2.45, 2.75) is 19.1 Å². The van der Waals surface area contributed by atoms with Gasteiger partial charge in [-0.05, 0) is 43.5 Å². The number of piperidine rings is 1. The molecule has 6 nitrogen and oxygen atoms in total. The van der Waals surface area contributed by atoms with Gasteiger partial charge >= 0.3 is 0 Å². The zero-order valence-corrected chi connectivity index (χ0v) is 16.4. The number of fused-ring (bicyclic) bond motifs is 1. The first-order valence-electron chi connectivity index (χ1n) is 9.02. The molecular formula is C19H22ClN5OS. The summed E-state index contributed by atoms with van der Waals surface area (Å²) in [6, 6.07) is 5.75. The Hall–Kier alpha value is -1.93. The van der Waals surface area contributed by atoms with Crippen molar-refractivity contribution >= 4 is 44.5 Å². The molecule has 0 aliphatic carbocycles. The molecule has 4 N–H and O–H groups in total. The maximum Gasteiger partial charge on any atom is 0.153 e. The number of benzene rings is 1. The maximum atomic E-state index is 10.8. The normalized spacial score (nSPS) is 16.6. The van der Waals surface area contributed by atoms with E-state index in [9.17, 15) is 5.11 Å². The highest BCUT2D eigenvalue weighted by molar-refractivity contribution is 7.17. The molecule has 1 aliphatic heterocycles. The lowest BCUT2D eigenvalue weighted by Crippen LogP contribution is -2.36. The highest BCUT2D eigenvalue weighted by atomic mass is 35.5. The molecule has 4 rings (SSSR count). The van der Waals surface area contributed by atoms with Crippen molar-refractivity contribution in [3.8, 4) is 0 Å². The van der Waals surface area contributed by atoms with Gasteiger partial charge in [0.05, 0.1) is 21.6 Å². The summed E-state index contributed by atoms with van der Waals surface area (Å²) in [6.07, 6.45) is 4.53. The van der Waals surface area contributed by atoms with Crippen molar-refractivity contribution in [2.24, 2.45) is 11.7 Å². The van der Waals surface area contributed by atoms with Gasteiger partial charge in [0.25, 0.3) is 0 Å². The van der Waals surface area contributed by atoms with Gasteiger partial charge in [-0.1, -0.05) is 11.6 Å². The summed E-state index contributed by atoms with van der Waals surface area (Å²) in [5, 5.41) is 16.6. The molecule has 0 saturated carbocycles. The Bertz CT molecular complexity index is 925. The molecule has 1 atom stereocenters. The second-order valence-corrected chi connectivity index (χ2v) is 8.15. The van der Waals surface area contributed by atoms with Crippen LogP contribution in [0.1, 0.15) is 24.6 Å². The molecule has 3 aromatic rings. The third-order valence-electron chi connectivity index (χ3n) is 5.10. The minimum Gasteiger partial charge on any atom is -0.370 e. The molecule has 0 radical (unpaired) electrons. The number of halogens is 1. The second-order valence-electron chi connectivity index (χ2n) is 6.80. The number of aromatic nitrogens is 2. The summed E-state index contributed by atoms with van der Waals surface area (Å²) < 4.78 is 0.948. The van der Waals surface area contributed by atoms with Crippen LogP contribution in [0.15, 0.2) is 36.1 Å². The summed E-state index contributed by atoms with van der Waals surface area (Å²) in [5.41, 5.74) is 9.18. The third-order valence-corrected chi connectivity index (χ3v) is 6.26. The largest absolute Gasteiger partial charge is 0.370 e. The lowest BCUT2D eigenvalue weighted by atomic mass is 9.96. The van der Waals surface area contributed by atoms with Gasteiger partial charge in [0.15, 0.2) is 6.23 Å². The van der Waals surface area contributed by atoms with Crippen LogP contribution in [0.2, 0.25) is 5.02 Å². The highest BCUT2D eigenvalue weighted by Gasteiger charge is 2.22. The quantitative estimate of drug-likeness (QED) is 0.564.